The monoisotopic (exact) mass is 323 g/mol. The highest BCUT2D eigenvalue weighted by Gasteiger charge is 2.35. The molecule has 120 valence electrons. The van der Waals surface area contributed by atoms with E-state index in [2.05, 4.69) is 10.0 Å². The zero-order valence-electron chi connectivity index (χ0n) is 12.8. The highest BCUT2D eigenvalue weighted by molar-refractivity contribution is 7.89. The average Bonchev–Trinajstić information content (AvgIpc) is 2.95. The Balaban J connectivity index is 2.19. The van der Waals surface area contributed by atoms with E-state index in [1.165, 1.54) is 6.07 Å². The van der Waals surface area contributed by atoms with Crippen molar-refractivity contribution in [2.75, 3.05) is 26.8 Å². The van der Waals surface area contributed by atoms with Gasteiger partial charge in [0, 0.05) is 13.7 Å². The lowest BCUT2D eigenvalue weighted by Gasteiger charge is -2.29. The number of nitrogens with zero attached hydrogens (tertiary/aromatic N) is 1. The predicted octanol–water partition coefficient (Wildman–Crippen LogP) is 0.914. The minimum atomic E-state index is -3.66. The van der Waals surface area contributed by atoms with Crippen molar-refractivity contribution < 1.29 is 13.2 Å². The predicted molar refractivity (Wildman–Crippen MR) is 82.9 cm³/mol. The van der Waals surface area contributed by atoms with Gasteiger partial charge in [-0.2, -0.15) is 5.26 Å². The quantitative estimate of drug-likeness (QED) is 0.812. The Labute approximate surface area is 131 Å². The van der Waals surface area contributed by atoms with E-state index in [0.717, 1.165) is 19.4 Å². The first kappa shape index (κ1) is 16.9. The molecule has 2 N–H and O–H groups in total. The van der Waals surface area contributed by atoms with E-state index in [4.69, 9.17) is 10.00 Å². The Morgan fingerprint density at radius 1 is 1.50 bits per heavy atom. The topological polar surface area (TPSA) is 91.2 Å². The fourth-order valence-corrected chi connectivity index (χ4v) is 4.14. The Morgan fingerprint density at radius 3 is 2.86 bits per heavy atom. The van der Waals surface area contributed by atoms with Gasteiger partial charge in [-0.1, -0.05) is 6.07 Å². The second-order valence-electron chi connectivity index (χ2n) is 5.66. The first-order chi connectivity index (χ1) is 10.4. The molecule has 1 aliphatic rings. The van der Waals surface area contributed by atoms with Crippen molar-refractivity contribution in [3.05, 3.63) is 29.3 Å². The lowest BCUT2D eigenvalue weighted by atomic mass is 9.99. The number of methoxy groups -OCH3 is 1. The van der Waals surface area contributed by atoms with E-state index < -0.39 is 10.0 Å². The molecule has 7 heteroatoms. The number of benzene rings is 1. The molecule has 0 bridgehead atoms. The van der Waals surface area contributed by atoms with E-state index in [9.17, 15) is 8.42 Å². The molecular weight excluding hydrogens is 302 g/mol. The molecule has 1 heterocycles. The van der Waals surface area contributed by atoms with E-state index in [-0.39, 0.29) is 17.0 Å². The zero-order valence-corrected chi connectivity index (χ0v) is 13.7. The third-order valence-electron chi connectivity index (χ3n) is 3.96. The van der Waals surface area contributed by atoms with E-state index in [0.29, 0.717) is 17.7 Å². The summed E-state index contributed by atoms with van der Waals surface area (Å²) in [6.07, 6.45) is 1.86. The number of rotatable bonds is 6. The Bertz CT molecular complexity index is 674. The first-order valence-corrected chi connectivity index (χ1v) is 8.65. The largest absolute Gasteiger partial charge is 0.383 e. The summed E-state index contributed by atoms with van der Waals surface area (Å²) in [5.74, 6) is 0. The van der Waals surface area contributed by atoms with Gasteiger partial charge in [-0.15, -0.1) is 0 Å². The molecule has 0 saturated carbocycles. The molecule has 0 radical (unpaired) electrons. The molecule has 2 rings (SSSR count). The molecule has 1 atom stereocenters. The van der Waals surface area contributed by atoms with Crippen LogP contribution < -0.4 is 10.0 Å². The van der Waals surface area contributed by atoms with Crippen molar-refractivity contribution in [2.24, 2.45) is 0 Å². The van der Waals surface area contributed by atoms with Crippen LogP contribution in [0.2, 0.25) is 0 Å². The van der Waals surface area contributed by atoms with E-state index in [1.54, 1.807) is 26.2 Å². The lowest BCUT2D eigenvalue weighted by molar-refractivity contribution is 0.122. The lowest BCUT2D eigenvalue weighted by Crippen LogP contribution is -2.52. The molecule has 1 fully saturated rings. The van der Waals surface area contributed by atoms with Gasteiger partial charge in [-0.3, -0.25) is 0 Å². The number of hydrogen-bond acceptors (Lipinski definition) is 5. The van der Waals surface area contributed by atoms with Crippen LogP contribution >= 0.6 is 0 Å². The molecule has 22 heavy (non-hydrogen) atoms. The number of ether oxygens (including phenoxy) is 1. The summed E-state index contributed by atoms with van der Waals surface area (Å²) in [4.78, 5) is 0.150. The number of hydrogen-bond donors (Lipinski definition) is 2. The Hall–Kier alpha value is -1.46. The maximum atomic E-state index is 12.5. The van der Waals surface area contributed by atoms with Crippen LogP contribution in [0.25, 0.3) is 0 Å². The van der Waals surface area contributed by atoms with Crippen LogP contribution in [0, 0.1) is 18.3 Å². The summed E-state index contributed by atoms with van der Waals surface area (Å²) < 4.78 is 32.9. The van der Waals surface area contributed by atoms with Gasteiger partial charge < -0.3 is 10.1 Å². The summed E-state index contributed by atoms with van der Waals surface area (Å²) >= 11 is 0. The minimum Gasteiger partial charge on any atom is -0.383 e. The maximum Gasteiger partial charge on any atom is 0.240 e. The first-order valence-electron chi connectivity index (χ1n) is 7.17. The van der Waals surface area contributed by atoms with Crippen molar-refractivity contribution in [3.8, 4) is 6.07 Å². The summed E-state index contributed by atoms with van der Waals surface area (Å²) in [5.41, 5.74) is 0.589. The van der Waals surface area contributed by atoms with Gasteiger partial charge in [0.2, 0.25) is 10.0 Å². The van der Waals surface area contributed by atoms with Gasteiger partial charge in [-0.05, 0) is 44.0 Å². The molecular formula is C15H21N3O3S. The minimum absolute atomic E-state index is 0.150. The van der Waals surface area contributed by atoms with Crippen LogP contribution in [-0.2, 0) is 14.8 Å². The standard InChI is InChI=1S/C15H21N3O3S/c1-12-4-5-13(9-16)8-14(12)22(19,20)18-10-15(11-21-2)6-3-7-17-15/h4-5,8,17-18H,3,6-7,10-11H2,1-2H3. The highest BCUT2D eigenvalue weighted by Crippen LogP contribution is 2.21. The summed E-state index contributed by atoms with van der Waals surface area (Å²) in [7, 11) is -2.06. The fourth-order valence-electron chi connectivity index (χ4n) is 2.74. The van der Waals surface area contributed by atoms with Crippen molar-refractivity contribution >= 4 is 10.0 Å². The number of nitrogens with one attached hydrogen (secondary N) is 2. The molecule has 0 spiro atoms. The van der Waals surface area contributed by atoms with Gasteiger partial charge in [0.25, 0.3) is 0 Å². The van der Waals surface area contributed by atoms with Crippen molar-refractivity contribution in [1.82, 2.24) is 10.0 Å². The van der Waals surface area contributed by atoms with Crippen LogP contribution in [0.4, 0.5) is 0 Å². The molecule has 6 nitrogen and oxygen atoms in total. The number of sulfonamides is 1. The molecule has 1 aromatic rings. The van der Waals surface area contributed by atoms with Gasteiger partial charge in [-0.25, -0.2) is 13.1 Å². The van der Waals surface area contributed by atoms with Gasteiger partial charge in [0.05, 0.1) is 28.7 Å². The smallest absolute Gasteiger partial charge is 0.240 e. The van der Waals surface area contributed by atoms with E-state index in [1.807, 2.05) is 6.07 Å². The summed E-state index contributed by atoms with van der Waals surface area (Å²) in [6.45, 7) is 3.29. The molecule has 0 aliphatic carbocycles. The molecule has 1 saturated heterocycles. The second-order valence-corrected chi connectivity index (χ2v) is 7.40. The van der Waals surface area contributed by atoms with Gasteiger partial charge in [0.1, 0.15) is 0 Å². The van der Waals surface area contributed by atoms with Crippen LogP contribution in [0.3, 0.4) is 0 Å². The highest BCUT2D eigenvalue weighted by atomic mass is 32.2. The molecule has 1 unspecified atom stereocenters. The second kappa shape index (κ2) is 6.75. The van der Waals surface area contributed by atoms with Gasteiger partial charge >= 0.3 is 0 Å². The number of aryl methyl sites for hydroxylation is 1. The fraction of sp³-hybridized carbons (Fsp3) is 0.533. The van der Waals surface area contributed by atoms with E-state index >= 15 is 0 Å². The molecule has 1 aliphatic heterocycles. The van der Waals surface area contributed by atoms with Crippen molar-refractivity contribution in [3.63, 3.8) is 0 Å². The summed E-state index contributed by atoms with van der Waals surface area (Å²) in [5, 5.41) is 12.3. The summed E-state index contributed by atoms with van der Waals surface area (Å²) in [6, 6.07) is 6.63. The zero-order chi connectivity index (χ0) is 16.2. The molecule has 0 aromatic heterocycles. The molecule has 0 amide bonds. The van der Waals surface area contributed by atoms with Crippen LogP contribution in [0.1, 0.15) is 24.0 Å². The SMILES string of the molecule is COCC1(CNS(=O)(=O)c2cc(C#N)ccc2C)CCCN1. The number of nitriles is 1. The van der Waals surface area contributed by atoms with Crippen LogP contribution in [0.5, 0.6) is 0 Å². The van der Waals surface area contributed by atoms with Crippen LogP contribution in [-0.4, -0.2) is 40.8 Å². The van der Waals surface area contributed by atoms with Crippen molar-refractivity contribution in [1.29, 1.82) is 5.26 Å². The third kappa shape index (κ3) is 3.65. The third-order valence-corrected chi connectivity index (χ3v) is 5.50. The van der Waals surface area contributed by atoms with Gasteiger partial charge in [0.15, 0.2) is 0 Å². The Kier molecular flexibility index (Phi) is 5.19. The normalized spacial score (nSPS) is 21.7. The Morgan fingerprint density at radius 2 is 2.27 bits per heavy atom. The van der Waals surface area contributed by atoms with Crippen molar-refractivity contribution in [2.45, 2.75) is 30.2 Å². The van der Waals surface area contributed by atoms with Crippen LogP contribution in [0.15, 0.2) is 23.1 Å². The maximum absolute atomic E-state index is 12.5. The average molecular weight is 323 g/mol. The molecule has 1 aromatic carbocycles.